The van der Waals surface area contributed by atoms with Crippen LogP contribution in [0.2, 0.25) is 5.02 Å². The summed E-state index contributed by atoms with van der Waals surface area (Å²) in [6.07, 6.45) is 0.0775. The van der Waals surface area contributed by atoms with Crippen LogP contribution in [-0.4, -0.2) is 23.0 Å². The lowest BCUT2D eigenvalue weighted by Crippen LogP contribution is -2.26. The van der Waals surface area contributed by atoms with Gasteiger partial charge in [0.1, 0.15) is 0 Å². The molecule has 2 aromatic rings. The number of carbonyl (C=O) groups is 1. The van der Waals surface area contributed by atoms with Crippen LogP contribution in [0.3, 0.4) is 0 Å². The van der Waals surface area contributed by atoms with Gasteiger partial charge in [-0.15, -0.1) is 0 Å². The number of nitrogens with zero attached hydrogens (tertiary/aromatic N) is 1. The van der Waals surface area contributed by atoms with Gasteiger partial charge in [0.15, 0.2) is 0 Å². The Morgan fingerprint density at radius 1 is 1.14 bits per heavy atom. The lowest BCUT2D eigenvalue weighted by Gasteiger charge is -2.27. The largest absolute Gasteiger partial charge is 0.481 e. The van der Waals surface area contributed by atoms with Crippen LogP contribution >= 0.6 is 11.6 Å². The lowest BCUT2D eigenvalue weighted by atomic mass is 10.0. The van der Waals surface area contributed by atoms with E-state index in [9.17, 15) is 4.79 Å². The predicted molar refractivity (Wildman–Crippen MR) is 84.4 cm³/mol. The molecule has 0 aliphatic carbocycles. The Balaban J connectivity index is 2.16. The van der Waals surface area contributed by atoms with Crippen LogP contribution in [0.15, 0.2) is 54.6 Å². The minimum atomic E-state index is -0.799. The highest BCUT2D eigenvalue weighted by atomic mass is 35.5. The molecule has 1 unspecified atom stereocenters. The van der Waals surface area contributed by atoms with Crippen LogP contribution < -0.4 is 0 Å². The van der Waals surface area contributed by atoms with E-state index in [0.29, 0.717) is 11.6 Å². The number of rotatable bonds is 6. The number of carboxylic acid groups (broad SMARTS) is 1. The number of carboxylic acids is 1. The first-order chi connectivity index (χ1) is 10.1. The Hall–Kier alpha value is -1.84. The Morgan fingerprint density at radius 3 is 2.33 bits per heavy atom. The maximum atomic E-state index is 11.1. The summed E-state index contributed by atoms with van der Waals surface area (Å²) in [5.41, 5.74) is 2.12. The highest BCUT2D eigenvalue weighted by molar-refractivity contribution is 6.30. The van der Waals surface area contributed by atoms with E-state index in [2.05, 4.69) is 0 Å². The van der Waals surface area contributed by atoms with E-state index in [1.807, 2.05) is 66.5 Å². The zero-order valence-corrected chi connectivity index (χ0v) is 12.6. The third-order valence-electron chi connectivity index (χ3n) is 3.43. The molecule has 0 aliphatic heterocycles. The van der Waals surface area contributed by atoms with E-state index < -0.39 is 5.97 Å². The van der Waals surface area contributed by atoms with Crippen LogP contribution in [0.4, 0.5) is 0 Å². The summed E-state index contributed by atoms with van der Waals surface area (Å²) in [5.74, 6) is -0.799. The van der Waals surface area contributed by atoms with Crippen molar-refractivity contribution in [3.8, 4) is 0 Å². The van der Waals surface area contributed by atoms with Crippen LogP contribution in [0.5, 0.6) is 0 Å². The highest BCUT2D eigenvalue weighted by Gasteiger charge is 2.20. The van der Waals surface area contributed by atoms with Crippen molar-refractivity contribution in [2.45, 2.75) is 19.0 Å². The SMILES string of the molecule is CN(Cc1ccc(Cl)cc1)C(CC(=O)O)c1ccccc1. The monoisotopic (exact) mass is 303 g/mol. The van der Waals surface area contributed by atoms with Crippen molar-refractivity contribution < 1.29 is 9.90 Å². The fourth-order valence-electron chi connectivity index (χ4n) is 2.36. The molecule has 0 bridgehead atoms. The van der Waals surface area contributed by atoms with E-state index in [1.165, 1.54) is 0 Å². The summed E-state index contributed by atoms with van der Waals surface area (Å²) in [5, 5.41) is 9.85. The molecule has 0 aliphatic rings. The van der Waals surface area contributed by atoms with E-state index in [0.717, 1.165) is 11.1 Å². The van der Waals surface area contributed by atoms with Crippen LogP contribution in [0.25, 0.3) is 0 Å². The summed E-state index contributed by atoms with van der Waals surface area (Å²) in [7, 11) is 1.94. The molecule has 0 aromatic heterocycles. The van der Waals surface area contributed by atoms with Gasteiger partial charge in [-0.2, -0.15) is 0 Å². The number of hydrogen-bond acceptors (Lipinski definition) is 2. The van der Waals surface area contributed by atoms with E-state index in [4.69, 9.17) is 16.7 Å². The van der Waals surface area contributed by atoms with Crippen molar-refractivity contribution in [1.29, 1.82) is 0 Å². The molecule has 21 heavy (non-hydrogen) atoms. The minimum absolute atomic E-state index is 0.0775. The van der Waals surface area contributed by atoms with Gasteiger partial charge < -0.3 is 5.11 Å². The van der Waals surface area contributed by atoms with Gasteiger partial charge in [0.25, 0.3) is 0 Å². The summed E-state index contributed by atoms with van der Waals surface area (Å²) < 4.78 is 0. The second-order valence-corrected chi connectivity index (χ2v) is 5.50. The van der Waals surface area contributed by atoms with Gasteiger partial charge in [-0.25, -0.2) is 0 Å². The lowest BCUT2D eigenvalue weighted by molar-refractivity contribution is -0.138. The van der Waals surface area contributed by atoms with Crippen molar-refractivity contribution in [3.05, 3.63) is 70.7 Å². The standard InChI is InChI=1S/C17H18ClNO2/c1-19(12-13-7-9-15(18)10-8-13)16(11-17(20)21)14-5-3-2-4-6-14/h2-10,16H,11-12H2,1H3,(H,20,21). The number of aliphatic carboxylic acids is 1. The van der Waals surface area contributed by atoms with Crippen LogP contribution in [-0.2, 0) is 11.3 Å². The summed E-state index contributed by atoms with van der Waals surface area (Å²) in [6.45, 7) is 0.671. The molecule has 1 atom stereocenters. The molecule has 0 amide bonds. The van der Waals surface area contributed by atoms with Crippen LogP contribution in [0.1, 0.15) is 23.6 Å². The molecule has 0 fully saturated rings. The zero-order valence-electron chi connectivity index (χ0n) is 11.9. The minimum Gasteiger partial charge on any atom is -0.481 e. The maximum absolute atomic E-state index is 11.1. The summed E-state index contributed by atoms with van der Waals surface area (Å²) in [6, 6.07) is 17.2. The second kappa shape index (κ2) is 7.25. The fourth-order valence-corrected chi connectivity index (χ4v) is 2.48. The number of benzene rings is 2. The van der Waals surface area contributed by atoms with Gasteiger partial charge >= 0.3 is 5.97 Å². The van der Waals surface area contributed by atoms with Crippen molar-refractivity contribution >= 4 is 17.6 Å². The molecular formula is C17H18ClNO2. The molecule has 0 saturated heterocycles. The molecule has 0 radical (unpaired) electrons. The zero-order chi connectivity index (χ0) is 15.2. The van der Waals surface area contributed by atoms with Gasteiger partial charge in [0.2, 0.25) is 0 Å². The topological polar surface area (TPSA) is 40.5 Å². The molecule has 1 N–H and O–H groups in total. The van der Waals surface area contributed by atoms with E-state index in [-0.39, 0.29) is 12.5 Å². The Labute approximate surface area is 129 Å². The Bertz CT molecular complexity index is 583. The van der Waals surface area contributed by atoms with Crippen molar-refractivity contribution in [1.82, 2.24) is 4.90 Å². The van der Waals surface area contributed by atoms with Crippen molar-refractivity contribution in [3.63, 3.8) is 0 Å². The quantitative estimate of drug-likeness (QED) is 0.877. The average molecular weight is 304 g/mol. The molecule has 0 saturated carbocycles. The van der Waals surface area contributed by atoms with Gasteiger partial charge in [-0.3, -0.25) is 9.69 Å². The van der Waals surface area contributed by atoms with Gasteiger partial charge in [-0.05, 0) is 30.3 Å². The van der Waals surface area contributed by atoms with Crippen molar-refractivity contribution in [2.24, 2.45) is 0 Å². The molecular weight excluding hydrogens is 286 g/mol. The third-order valence-corrected chi connectivity index (χ3v) is 3.68. The predicted octanol–water partition coefficient (Wildman–Crippen LogP) is 3.99. The number of halogens is 1. The third kappa shape index (κ3) is 4.59. The van der Waals surface area contributed by atoms with Crippen molar-refractivity contribution in [2.75, 3.05) is 7.05 Å². The molecule has 2 rings (SSSR count). The molecule has 4 heteroatoms. The smallest absolute Gasteiger partial charge is 0.305 e. The first-order valence-electron chi connectivity index (χ1n) is 6.77. The molecule has 2 aromatic carbocycles. The highest BCUT2D eigenvalue weighted by Crippen LogP contribution is 2.25. The van der Waals surface area contributed by atoms with Gasteiger partial charge in [0, 0.05) is 17.6 Å². The fraction of sp³-hybridized carbons (Fsp3) is 0.235. The number of hydrogen-bond donors (Lipinski definition) is 1. The first-order valence-corrected chi connectivity index (χ1v) is 7.15. The molecule has 3 nitrogen and oxygen atoms in total. The average Bonchev–Trinajstić information content (AvgIpc) is 2.48. The van der Waals surface area contributed by atoms with Gasteiger partial charge in [0.05, 0.1) is 6.42 Å². The molecule has 0 heterocycles. The summed E-state index contributed by atoms with van der Waals surface area (Å²) in [4.78, 5) is 13.2. The summed E-state index contributed by atoms with van der Waals surface area (Å²) >= 11 is 5.88. The second-order valence-electron chi connectivity index (χ2n) is 5.07. The normalized spacial score (nSPS) is 12.3. The van der Waals surface area contributed by atoms with E-state index in [1.54, 1.807) is 0 Å². The van der Waals surface area contributed by atoms with E-state index >= 15 is 0 Å². The maximum Gasteiger partial charge on any atom is 0.305 e. The Kier molecular flexibility index (Phi) is 5.37. The Morgan fingerprint density at radius 2 is 1.76 bits per heavy atom. The first kappa shape index (κ1) is 15.5. The molecule has 0 spiro atoms. The molecule has 110 valence electrons. The van der Waals surface area contributed by atoms with Gasteiger partial charge in [-0.1, -0.05) is 54.1 Å². The van der Waals surface area contributed by atoms with Crippen LogP contribution in [0, 0.1) is 0 Å².